The number of halogens is 2. The average Bonchev–Trinajstić information content (AvgIpc) is 3.01. The van der Waals surface area contributed by atoms with Crippen molar-refractivity contribution in [2.45, 2.75) is 25.3 Å². The van der Waals surface area contributed by atoms with E-state index in [0.717, 1.165) is 0 Å². The molecule has 1 aliphatic rings. The molecular formula is C12H15ClFN. The quantitative estimate of drug-likeness (QED) is 0.834. The second-order valence-corrected chi connectivity index (χ2v) is 4.54. The molecule has 1 fully saturated rings. The van der Waals surface area contributed by atoms with Gasteiger partial charge >= 0.3 is 0 Å². The minimum atomic E-state index is -0.191. The van der Waals surface area contributed by atoms with Gasteiger partial charge in [-0.15, -0.1) is 0 Å². The maximum atomic E-state index is 13.5. The van der Waals surface area contributed by atoms with Crippen LogP contribution in [0.3, 0.4) is 0 Å². The van der Waals surface area contributed by atoms with E-state index < -0.39 is 0 Å². The van der Waals surface area contributed by atoms with Crippen molar-refractivity contribution in [2.75, 3.05) is 7.05 Å². The molecule has 1 aromatic carbocycles. The highest BCUT2D eigenvalue weighted by Crippen LogP contribution is 2.35. The lowest BCUT2D eigenvalue weighted by Gasteiger charge is -2.16. The molecule has 0 saturated heterocycles. The molecular weight excluding hydrogens is 213 g/mol. The van der Waals surface area contributed by atoms with Gasteiger partial charge in [-0.2, -0.15) is 0 Å². The van der Waals surface area contributed by atoms with Crippen molar-refractivity contribution in [3.8, 4) is 0 Å². The van der Waals surface area contributed by atoms with Gasteiger partial charge in [-0.25, -0.2) is 4.39 Å². The van der Waals surface area contributed by atoms with Gasteiger partial charge in [-0.1, -0.05) is 17.7 Å². The van der Waals surface area contributed by atoms with Crippen LogP contribution in [0.25, 0.3) is 0 Å². The third-order valence-corrected chi connectivity index (χ3v) is 3.40. The molecule has 82 valence electrons. The van der Waals surface area contributed by atoms with Gasteiger partial charge in [0.15, 0.2) is 0 Å². The molecule has 2 rings (SSSR count). The third kappa shape index (κ3) is 2.50. The van der Waals surface area contributed by atoms with Crippen molar-refractivity contribution in [1.29, 1.82) is 0 Å². The summed E-state index contributed by atoms with van der Waals surface area (Å²) in [4.78, 5) is 0. The first kappa shape index (κ1) is 10.9. The molecule has 3 heteroatoms. The minimum Gasteiger partial charge on any atom is -0.316 e. The van der Waals surface area contributed by atoms with E-state index in [2.05, 4.69) is 5.32 Å². The van der Waals surface area contributed by atoms with Crippen LogP contribution < -0.4 is 5.32 Å². The summed E-state index contributed by atoms with van der Waals surface area (Å²) in [6, 6.07) is 5.23. The van der Waals surface area contributed by atoms with Crippen molar-refractivity contribution in [3.05, 3.63) is 34.6 Å². The number of rotatable bonds is 4. The van der Waals surface area contributed by atoms with E-state index in [-0.39, 0.29) is 5.82 Å². The molecule has 0 amide bonds. The fraction of sp³-hybridized carbons (Fsp3) is 0.500. The topological polar surface area (TPSA) is 12.0 Å². The summed E-state index contributed by atoms with van der Waals surface area (Å²) in [7, 11) is 1.93. The van der Waals surface area contributed by atoms with Crippen molar-refractivity contribution >= 4 is 11.6 Å². The average molecular weight is 228 g/mol. The lowest BCUT2D eigenvalue weighted by atomic mass is 10.0. The van der Waals surface area contributed by atoms with Crippen LogP contribution in [0.15, 0.2) is 18.2 Å². The molecule has 1 nitrogen and oxygen atoms in total. The summed E-state index contributed by atoms with van der Waals surface area (Å²) in [6.07, 6.45) is 3.18. The molecule has 0 radical (unpaired) electrons. The van der Waals surface area contributed by atoms with Crippen molar-refractivity contribution in [1.82, 2.24) is 5.32 Å². The standard InChI is InChI=1S/C12H15ClFN/c1-15-12(8-5-6-8)7-9-10(13)3-2-4-11(9)14/h2-4,8,12,15H,5-7H2,1H3. The second-order valence-electron chi connectivity index (χ2n) is 4.14. The largest absolute Gasteiger partial charge is 0.316 e. The highest BCUT2D eigenvalue weighted by Gasteiger charge is 2.30. The van der Waals surface area contributed by atoms with Crippen LogP contribution >= 0.6 is 11.6 Å². The van der Waals surface area contributed by atoms with Gasteiger partial charge in [-0.05, 0) is 44.4 Å². The number of likely N-dealkylation sites (N-methyl/N-ethyl adjacent to an activating group) is 1. The third-order valence-electron chi connectivity index (χ3n) is 3.05. The fourth-order valence-corrected chi connectivity index (χ4v) is 2.19. The molecule has 0 aromatic heterocycles. The first-order valence-electron chi connectivity index (χ1n) is 5.32. The summed E-state index contributed by atoms with van der Waals surface area (Å²) in [6.45, 7) is 0. The normalized spacial score (nSPS) is 17.8. The van der Waals surface area contributed by atoms with E-state index in [9.17, 15) is 4.39 Å². The number of hydrogen-bond donors (Lipinski definition) is 1. The van der Waals surface area contributed by atoms with E-state index in [1.54, 1.807) is 12.1 Å². The Hall–Kier alpha value is -0.600. The Morgan fingerprint density at radius 3 is 2.80 bits per heavy atom. The Balaban J connectivity index is 2.14. The summed E-state index contributed by atoms with van der Waals surface area (Å²) in [5.41, 5.74) is 0.644. The predicted molar refractivity (Wildman–Crippen MR) is 60.7 cm³/mol. The lowest BCUT2D eigenvalue weighted by molar-refractivity contribution is 0.487. The van der Waals surface area contributed by atoms with Crippen molar-refractivity contribution in [3.63, 3.8) is 0 Å². The highest BCUT2D eigenvalue weighted by molar-refractivity contribution is 6.31. The van der Waals surface area contributed by atoms with E-state index in [0.29, 0.717) is 29.0 Å². The summed E-state index contributed by atoms with van der Waals surface area (Å²) in [5, 5.41) is 3.78. The van der Waals surface area contributed by atoms with Gasteiger partial charge in [0.1, 0.15) is 5.82 Å². The molecule has 1 aromatic rings. The summed E-state index contributed by atoms with van der Waals surface area (Å²) in [5.74, 6) is 0.508. The summed E-state index contributed by atoms with van der Waals surface area (Å²) >= 11 is 5.99. The zero-order chi connectivity index (χ0) is 10.8. The van der Waals surface area contributed by atoms with Crippen LogP contribution in [0.1, 0.15) is 18.4 Å². The van der Waals surface area contributed by atoms with Gasteiger partial charge < -0.3 is 5.32 Å². The molecule has 15 heavy (non-hydrogen) atoms. The maximum absolute atomic E-state index is 13.5. The lowest BCUT2D eigenvalue weighted by Crippen LogP contribution is -2.30. The zero-order valence-electron chi connectivity index (χ0n) is 8.76. The van der Waals surface area contributed by atoms with Crippen LogP contribution in [0.5, 0.6) is 0 Å². The van der Waals surface area contributed by atoms with Crippen LogP contribution in [-0.4, -0.2) is 13.1 Å². The smallest absolute Gasteiger partial charge is 0.127 e. The zero-order valence-corrected chi connectivity index (χ0v) is 9.52. The first-order chi connectivity index (χ1) is 7.22. The Morgan fingerprint density at radius 2 is 2.27 bits per heavy atom. The van der Waals surface area contributed by atoms with Gasteiger partial charge in [0.05, 0.1) is 0 Å². The highest BCUT2D eigenvalue weighted by atomic mass is 35.5. The van der Waals surface area contributed by atoms with E-state index in [1.807, 2.05) is 7.05 Å². The molecule has 1 N–H and O–H groups in total. The monoisotopic (exact) mass is 227 g/mol. The van der Waals surface area contributed by atoms with E-state index >= 15 is 0 Å². The molecule has 0 aliphatic heterocycles. The Labute approximate surface area is 94.6 Å². The molecule has 1 unspecified atom stereocenters. The van der Waals surface area contributed by atoms with E-state index in [1.165, 1.54) is 18.9 Å². The van der Waals surface area contributed by atoms with Crippen LogP contribution in [0.4, 0.5) is 4.39 Å². The molecule has 0 bridgehead atoms. The number of hydrogen-bond acceptors (Lipinski definition) is 1. The molecule has 1 atom stereocenters. The SMILES string of the molecule is CNC(Cc1c(F)cccc1Cl)C1CC1. The van der Waals surface area contributed by atoms with Crippen molar-refractivity contribution < 1.29 is 4.39 Å². The van der Waals surface area contributed by atoms with E-state index in [4.69, 9.17) is 11.6 Å². The van der Waals surface area contributed by atoms with Crippen LogP contribution in [0.2, 0.25) is 5.02 Å². The van der Waals surface area contributed by atoms with Gasteiger partial charge in [0.2, 0.25) is 0 Å². The molecule has 0 heterocycles. The number of benzene rings is 1. The predicted octanol–water partition coefficient (Wildman–Crippen LogP) is 3.02. The first-order valence-corrected chi connectivity index (χ1v) is 5.70. The number of nitrogens with one attached hydrogen (secondary N) is 1. The maximum Gasteiger partial charge on any atom is 0.127 e. The van der Waals surface area contributed by atoms with Gasteiger partial charge in [0.25, 0.3) is 0 Å². The Bertz CT molecular complexity index is 329. The van der Waals surface area contributed by atoms with Crippen LogP contribution in [-0.2, 0) is 6.42 Å². The minimum absolute atomic E-state index is 0.191. The summed E-state index contributed by atoms with van der Waals surface area (Å²) < 4.78 is 13.5. The second kappa shape index (κ2) is 4.50. The van der Waals surface area contributed by atoms with Gasteiger partial charge in [-0.3, -0.25) is 0 Å². The van der Waals surface area contributed by atoms with Gasteiger partial charge in [0, 0.05) is 16.6 Å². The Kier molecular flexibility index (Phi) is 3.27. The fourth-order valence-electron chi connectivity index (χ4n) is 1.95. The van der Waals surface area contributed by atoms with Crippen molar-refractivity contribution in [2.24, 2.45) is 5.92 Å². The van der Waals surface area contributed by atoms with Crippen LogP contribution in [0, 0.1) is 11.7 Å². The Morgan fingerprint density at radius 1 is 1.53 bits per heavy atom. The molecule has 1 aliphatic carbocycles. The molecule has 0 spiro atoms. The molecule has 1 saturated carbocycles.